The monoisotopic (exact) mass is 199 g/mol. The van der Waals surface area contributed by atoms with Gasteiger partial charge in [-0.3, -0.25) is 4.79 Å². The molecule has 4 nitrogen and oxygen atoms in total. The first-order valence-electron chi connectivity index (χ1n) is 5.46. The topological polar surface area (TPSA) is 58.4 Å². The smallest absolute Gasteiger partial charge is 0.218 e. The number of nitrogens with one attached hydrogen (secondary N) is 1. The maximum Gasteiger partial charge on any atom is 0.218 e. The first-order chi connectivity index (χ1) is 6.72. The normalized spacial score (nSPS) is 23.6. The van der Waals surface area contributed by atoms with Crippen LogP contribution in [0.2, 0.25) is 0 Å². The second-order valence-electron chi connectivity index (χ2n) is 3.91. The predicted octanol–water partition coefficient (Wildman–Crippen LogP) is -0.0643. The molecule has 1 heterocycles. The van der Waals surface area contributed by atoms with Crippen molar-refractivity contribution in [3.63, 3.8) is 0 Å². The number of piperidine rings is 1. The molecule has 14 heavy (non-hydrogen) atoms. The van der Waals surface area contributed by atoms with Gasteiger partial charge >= 0.3 is 0 Å². The molecule has 1 amide bonds. The molecule has 1 saturated heterocycles. The summed E-state index contributed by atoms with van der Waals surface area (Å²) in [6.45, 7) is 6.13. The largest absolute Gasteiger partial charge is 0.370 e. The highest BCUT2D eigenvalue weighted by molar-refractivity contribution is 5.73. The van der Waals surface area contributed by atoms with Gasteiger partial charge in [0.25, 0.3) is 0 Å². The summed E-state index contributed by atoms with van der Waals surface area (Å²) in [5.74, 6) is -0.199. The van der Waals surface area contributed by atoms with Crippen LogP contribution in [0.25, 0.3) is 0 Å². The Morgan fingerprint density at radius 3 is 3.07 bits per heavy atom. The SMILES string of the molecule is CCNC1CCCN(CCC(N)=O)C1. The Morgan fingerprint density at radius 2 is 2.43 bits per heavy atom. The zero-order chi connectivity index (χ0) is 10.4. The minimum atomic E-state index is -0.199. The van der Waals surface area contributed by atoms with Gasteiger partial charge in [0.15, 0.2) is 0 Å². The first-order valence-corrected chi connectivity index (χ1v) is 5.46. The van der Waals surface area contributed by atoms with Crippen LogP contribution >= 0.6 is 0 Å². The molecule has 0 aromatic heterocycles. The van der Waals surface area contributed by atoms with Crippen molar-refractivity contribution in [3.05, 3.63) is 0 Å². The molecule has 0 aliphatic carbocycles. The lowest BCUT2D eigenvalue weighted by atomic mass is 10.1. The average Bonchev–Trinajstić information content (AvgIpc) is 2.16. The van der Waals surface area contributed by atoms with Crippen molar-refractivity contribution < 1.29 is 4.79 Å². The van der Waals surface area contributed by atoms with Crippen LogP contribution in [0.4, 0.5) is 0 Å². The van der Waals surface area contributed by atoms with E-state index in [2.05, 4.69) is 17.1 Å². The van der Waals surface area contributed by atoms with E-state index in [0.717, 1.165) is 26.2 Å². The van der Waals surface area contributed by atoms with Crippen LogP contribution < -0.4 is 11.1 Å². The lowest BCUT2D eigenvalue weighted by Gasteiger charge is -2.32. The molecular weight excluding hydrogens is 178 g/mol. The molecule has 1 atom stereocenters. The van der Waals surface area contributed by atoms with Gasteiger partial charge in [-0.2, -0.15) is 0 Å². The van der Waals surface area contributed by atoms with Crippen molar-refractivity contribution in [3.8, 4) is 0 Å². The summed E-state index contributed by atoms with van der Waals surface area (Å²) >= 11 is 0. The lowest BCUT2D eigenvalue weighted by Crippen LogP contribution is -2.46. The molecule has 1 fully saturated rings. The fraction of sp³-hybridized carbons (Fsp3) is 0.900. The van der Waals surface area contributed by atoms with Crippen molar-refractivity contribution in [2.24, 2.45) is 5.73 Å². The highest BCUT2D eigenvalue weighted by Crippen LogP contribution is 2.09. The van der Waals surface area contributed by atoms with Crippen molar-refractivity contribution in [1.29, 1.82) is 0 Å². The van der Waals surface area contributed by atoms with Crippen molar-refractivity contribution >= 4 is 5.91 Å². The number of hydrogen-bond donors (Lipinski definition) is 2. The van der Waals surface area contributed by atoms with Crippen LogP contribution in [0, 0.1) is 0 Å². The Balaban J connectivity index is 2.21. The van der Waals surface area contributed by atoms with Gasteiger partial charge < -0.3 is 16.0 Å². The summed E-state index contributed by atoms with van der Waals surface area (Å²) in [5.41, 5.74) is 5.12. The Hall–Kier alpha value is -0.610. The minimum absolute atomic E-state index is 0.199. The standard InChI is InChI=1S/C10H21N3O/c1-2-12-9-4-3-6-13(8-9)7-5-10(11)14/h9,12H,2-8H2,1H3,(H2,11,14). The summed E-state index contributed by atoms with van der Waals surface area (Å²) in [6.07, 6.45) is 2.95. The van der Waals surface area contributed by atoms with E-state index in [0.29, 0.717) is 12.5 Å². The fourth-order valence-electron chi connectivity index (χ4n) is 1.98. The van der Waals surface area contributed by atoms with Gasteiger partial charge in [-0.15, -0.1) is 0 Å². The molecule has 0 bridgehead atoms. The maximum atomic E-state index is 10.6. The number of likely N-dealkylation sites (tertiary alicyclic amines) is 1. The summed E-state index contributed by atoms with van der Waals surface area (Å²) in [6, 6.07) is 0.599. The van der Waals surface area contributed by atoms with E-state index >= 15 is 0 Å². The Labute approximate surface area is 85.8 Å². The molecule has 0 aromatic rings. The Morgan fingerprint density at radius 1 is 1.64 bits per heavy atom. The summed E-state index contributed by atoms with van der Waals surface area (Å²) in [4.78, 5) is 13.0. The van der Waals surface area contributed by atoms with E-state index < -0.39 is 0 Å². The molecule has 1 aliphatic heterocycles. The van der Waals surface area contributed by atoms with Gasteiger partial charge in [0, 0.05) is 25.6 Å². The van der Waals surface area contributed by atoms with Gasteiger partial charge in [-0.25, -0.2) is 0 Å². The molecule has 1 unspecified atom stereocenters. The predicted molar refractivity (Wildman–Crippen MR) is 57.0 cm³/mol. The zero-order valence-corrected chi connectivity index (χ0v) is 8.96. The van der Waals surface area contributed by atoms with Crippen molar-refractivity contribution in [2.75, 3.05) is 26.2 Å². The van der Waals surface area contributed by atoms with Crippen LogP contribution in [0.5, 0.6) is 0 Å². The third-order valence-corrected chi connectivity index (χ3v) is 2.67. The second kappa shape index (κ2) is 5.98. The second-order valence-corrected chi connectivity index (χ2v) is 3.91. The maximum absolute atomic E-state index is 10.6. The lowest BCUT2D eigenvalue weighted by molar-refractivity contribution is -0.118. The number of rotatable bonds is 5. The molecular formula is C10H21N3O. The first kappa shape index (κ1) is 11.5. The molecule has 1 aliphatic rings. The molecule has 0 radical (unpaired) electrons. The highest BCUT2D eigenvalue weighted by Gasteiger charge is 2.18. The van der Waals surface area contributed by atoms with Gasteiger partial charge in [-0.05, 0) is 25.9 Å². The number of carbonyl (C=O) groups excluding carboxylic acids is 1. The summed E-state index contributed by atoms with van der Waals surface area (Å²) < 4.78 is 0. The minimum Gasteiger partial charge on any atom is -0.370 e. The van der Waals surface area contributed by atoms with Crippen molar-refractivity contribution in [1.82, 2.24) is 10.2 Å². The molecule has 3 N–H and O–H groups in total. The Bertz CT molecular complexity index is 182. The van der Waals surface area contributed by atoms with Crippen LogP contribution in [0.15, 0.2) is 0 Å². The van der Waals surface area contributed by atoms with Gasteiger partial charge in [0.2, 0.25) is 5.91 Å². The third-order valence-electron chi connectivity index (χ3n) is 2.67. The molecule has 0 saturated carbocycles. The average molecular weight is 199 g/mol. The Kier molecular flexibility index (Phi) is 4.90. The molecule has 1 rings (SSSR count). The fourth-order valence-corrected chi connectivity index (χ4v) is 1.98. The molecule has 82 valence electrons. The van der Waals surface area contributed by atoms with E-state index in [-0.39, 0.29) is 5.91 Å². The van der Waals surface area contributed by atoms with E-state index in [9.17, 15) is 4.79 Å². The number of likely N-dealkylation sites (N-methyl/N-ethyl adjacent to an activating group) is 1. The van der Waals surface area contributed by atoms with Gasteiger partial charge in [-0.1, -0.05) is 6.92 Å². The van der Waals surface area contributed by atoms with Crippen LogP contribution in [-0.4, -0.2) is 43.0 Å². The van der Waals surface area contributed by atoms with Crippen LogP contribution in [-0.2, 0) is 4.79 Å². The molecule has 0 aromatic carbocycles. The third kappa shape index (κ3) is 4.07. The van der Waals surface area contributed by atoms with E-state index in [1.54, 1.807) is 0 Å². The van der Waals surface area contributed by atoms with E-state index in [4.69, 9.17) is 5.73 Å². The number of hydrogen-bond acceptors (Lipinski definition) is 3. The van der Waals surface area contributed by atoms with E-state index in [1.165, 1.54) is 12.8 Å². The number of nitrogens with zero attached hydrogens (tertiary/aromatic N) is 1. The van der Waals surface area contributed by atoms with Gasteiger partial charge in [0.1, 0.15) is 0 Å². The quantitative estimate of drug-likeness (QED) is 0.652. The molecule has 0 spiro atoms. The highest BCUT2D eigenvalue weighted by atomic mass is 16.1. The number of primary amides is 1. The molecule has 4 heteroatoms. The zero-order valence-electron chi connectivity index (χ0n) is 8.96. The van der Waals surface area contributed by atoms with Crippen LogP contribution in [0.1, 0.15) is 26.2 Å². The van der Waals surface area contributed by atoms with Crippen LogP contribution in [0.3, 0.4) is 0 Å². The summed E-state index contributed by atoms with van der Waals surface area (Å²) in [7, 11) is 0. The number of nitrogens with two attached hydrogens (primary N) is 1. The number of carbonyl (C=O) groups is 1. The number of amides is 1. The summed E-state index contributed by atoms with van der Waals surface area (Å²) in [5, 5.41) is 3.44. The van der Waals surface area contributed by atoms with Gasteiger partial charge in [0.05, 0.1) is 0 Å². The van der Waals surface area contributed by atoms with Crippen molar-refractivity contribution in [2.45, 2.75) is 32.2 Å². The van der Waals surface area contributed by atoms with E-state index in [1.807, 2.05) is 0 Å².